The second-order valence-corrected chi connectivity index (χ2v) is 6.13. The highest BCUT2D eigenvalue weighted by atomic mass is 35.5. The minimum Gasteiger partial charge on any atom is -0.366 e. The molecule has 0 radical (unpaired) electrons. The number of nitrogens with one attached hydrogen (secondary N) is 1. The molecule has 24 heavy (non-hydrogen) atoms. The summed E-state index contributed by atoms with van der Waals surface area (Å²) >= 11 is 6.19. The Bertz CT molecular complexity index is 731. The molecule has 0 bridgehead atoms. The number of rotatable bonds is 6. The predicted octanol–water partition coefficient (Wildman–Crippen LogP) is 2.09. The maximum Gasteiger partial charge on any atom is 0.282 e. The molecule has 6 heteroatoms. The third-order valence-corrected chi connectivity index (χ3v) is 4.17. The summed E-state index contributed by atoms with van der Waals surface area (Å²) in [4.78, 5) is 23.4. The molecular formula is C18H21ClN3O2+. The van der Waals surface area contributed by atoms with Crippen molar-refractivity contribution >= 4 is 29.1 Å². The molecule has 2 atom stereocenters. The first kappa shape index (κ1) is 18.0. The quantitative estimate of drug-likeness (QED) is 0.747. The largest absolute Gasteiger partial charge is 0.366 e. The molecule has 0 aliphatic carbocycles. The lowest BCUT2D eigenvalue weighted by Gasteiger charge is -2.17. The van der Waals surface area contributed by atoms with Crippen LogP contribution in [0.15, 0.2) is 48.5 Å². The van der Waals surface area contributed by atoms with E-state index in [9.17, 15) is 9.59 Å². The van der Waals surface area contributed by atoms with E-state index in [2.05, 4.69) is 5.32 Å². The van der Waals surface area contributed by atoms with Crippen molar-refractivity contribution in [2.75, 3.05) is 5.32 Å². The standard InChI is InChI=1S/C18H20ClN3O2/c1-11(15-5-3-4-6-16(15)19)21-12(2)18(24)22-14-9-7-13(8-10-14)17(20)23/h3-12,21H,1-2H3,(H2,20,23)(H,22,24)/p+1/t11-,12-/m1/s1. The van der Waals surface area contributed by atoms with Crippen LogP contribution in [-0.4, -0.2) is 17.9 Å². The minimum absolute atomic E-state index is 0.0525. The fourth-order valence-electron chi connectivity index (χ4n) is 2.44. The number of nitrogens with two attached hydrogens (primary N) is 2. The first-order chi connectivity index (χ1) is 11.4. The van der Waals surface area contributed by atoms with Crippen LogP contribution in [0.25, 0.3) is 0 Å². The van der Waals surface area contributed by atoms with Gasteiger partial charge in [0.2, 0.25) is 5.91 Å². The smallest absolute Gasteiger partial charge is 0.282 e. The van der Waals surface area contributed by atoms with E-state index in [4.69, 9.17) is 17.3 Å². The average Bonchev–Trinajstić information content (AvgIpc) is 2.55. The number of halogens is 1. The molecule has 2 aromatic carbocycles. The molecule has 126 valence electrons. The summed E-state index contributed by atoms with van der Waals surface area (Å²) in [5.74, 6) is -0.621. The number of amides is 2. The van der Waals surface area contributed by atoms with Gasteiger partial charge in [-0.25, -0.2) is 0 Å². The van der Waals surface area contributed by atoms with Crippen LogP contribution in [-0.2, 0) is 4.79 Å². The average molecular weight is 347 g/mol. The molecule has 0 fully saturated rings. The van der Waals surface area contributed by atoms with Crippen molar-refractivity contribution < 1.29 is 14.9 Å². The van der Waals surface area contributed by atoms with E-state index in [1.807, 2.05) is 43.4 Å². The van der Waals surface area contributed by atoms with Crippen LogP contribution in [0.2, 0.25) is 5.02 Å². The Balaban J connectivity index is 1.97. The van der Waals surface area contributed by atoms with Gasteiger partial charge in [-0.15, -0.1) is 0 Å². The Kier molecular flexibility index (Phi) is 5.95. The maximum atomic E-state index is 12.3. The Hall–Kier alpha value is -2.37. The minimum atomic E-state index is -0.497. The Labute approximate surface area is 146 Å². The van der Waals surface area contributed by atoms with Gasteiger partial charge in [0.1, 0.15) is 6.04 Å². The van der Waals surface area contributed by atoms with Gasteiger partial charge < -0.3 is 16.4 Å². The molecule has 0 unspecified atom stereocenters. The van der Waals surface area contributed by atoms with Gasteiger partial charge in [-0.05, 0) is 44.2 Å². The highest BCUT2D eigenvalue weighted by molar-refractivity contribution is 6.31. The van der Waals surface area contributed by atoms with Crippen molar-refractivity contribution in [3.8, 4) is 0 Å². The summed E-state index contributed by atoms with van der Waals surface area (Å²) in [5.41, 5.74) is 7.21. The molecule has 0 aliphatic rings. The first-order valence-corrected chi connectivity index (χ1v) is 8.06. The van der Waals surface area contributed by atoms with E-state index in [-0.39, 0.29) is 18.0 Å². The van der Waals surface area contributed by atoms with Crippen LogP contribution in [0.3, 0.4) is 0 Å². The van der Waals surface area contributed by atoms with E-state index >= 15 is 0 Å². The highest BCUT2D eigenvalue weighted by Crippen LogP contribution is 2.19. The van der Waals surface area contributed by atoms with E-state index < -0.39 is 5.91 Å². The van der Waals surface area contributed by atoms with Gasteiger partial charge in [-0.1, -0.05) is 29.8 Å². The van der Waals surface area contributed by atoms with Crippen molar-refractivity contribution in [1.29, 1.82) is 0 Å². The summed E-state index contributed by atoms with van der Waals surface area (Å²) in [6.07, 6.45) is 0. The van der Waals surface area contributed by atoms with Gasteiger partial charge >= 0.3 is 0 Å². The van der Waals surface area contributed by atoms with Crippen LogP contribution in [0.4, 0.5) is 5.69 Å². The number of benzene rings is 2. The first-order valence-electron chi connectivity index (χ1n) is 7.68. The van der Waals surface area contributed by atoms with E-state index in [0.717, 1.165) is 5.56 Å². The number of hydrogen-bond donors (Lipinski definition) is 3. The van der Waals surface area contributed by atoms with Crippen molar-refractivity contribution in [2.45, 2.75) is 25.9 Å². The molecule has 0 aliphatic heterocycles. The van der Waals surface area contributed by atoms with Gasteiger partial charge in [-0.3, -0.25) is 9.59 Å². The molecule has 0 spiro atoms. The van der Waals surface area contributed by atoms with Gasteiger partial charge in [0, 0.05) is 21.8 Å². The summed E-state index contributed by atoms with van der Waals surface area (Å²) < 4.78 is 0. The van der Waals surface area contributed by atoms with Gasteiger partial charge in [0.05, 0.1) is 0 Å². The number of anilines is 1. The maximum absolute atomic E-state index is 12.3. The summed E-state index contributed by atoms with van der Waals surface area (Å²) in [6.45, 7) is 3.84. The van der Waals surface area contributed by atoms with Crippen molar-refractivity contribution in [3.63, 3.8) is 0 Å². The molecule has 0 saturated heterocycles. The van der Waals surface area contributed by atoms with Crippen molar-refractivity contribution in [2.24, 2.45) is 5.73 Å². The molecule has 5 nitrogen and oxygen atoms in total. The lowest BCUT2D eigenvalue weighted by Crippen LogP contribution is -2.91. The Morgan fingerprint density at radius 2 is 1.71 bits per heavy atom. The fourth-order valence-corrected chi connectivity index (χ4v) is 2.75. The van der Waals surface area contributed by atoms with Crippen LogP contribution in [0.5, 0.6) is 0 Å². The molecule has 0 saturated carbocycles. The van der Waals surface area contributed by atoms with Gasteiger partial charge in [0.15, 0.2) is 6.04 Å². The molecule has 2 amide bonds. The highest BCUT2D eigenvalue weighted by Gasteiger charge is 2.21. The van der Waals surface area contributed by atoms with Crippen molar-refractivity contribution in [1.82, 2.24) is 0 Å². The van der Waals surface area contributed by atoms with Crippen LogP contribution in [0.1, 0.15) is 35.8 Å². The Morgan fingerprint density at radius 1 is 1.08 bits per heavy atom. The SMILES string of the molecule is C[C@@H]([NH2+][C@H](C)c1ccccc1Cl)C(=O)Nc1ccc(C(N)=O)cc1. The zero-order chi connectivity index (χ0) is 17.7. The Morgan fingerprint density at radius 3 is 2.29 bits per heavy atom. The molecule has 5 N–H and O–H groups in total. The summed E-state index contributed by atoms with van der Waals surface area (Å²) in [7, 11) is 0. The van der Waals surface area contributed by atoms with E-state index in [1.54, 1.807) is 24.3 Å². The zero-order valence-corrected chi connectivity index (χ0v) is 14.4. The lowest BCUT2D eigenvalue weighted by atomic mass is 10.1. The fraction of sp³-hybridized carbons (Fsp3) is 0.222. The number of carbonyl (C=O) groups excluding carboxylic acids is 2. The topological polar surface area (TPSA) is 88.8 Å². The predicted molar refractivity (Wildman–Crippen MR) is 94.8 cm³/mol. The normalized spacial score (nSPS) is 13.1. The second-order valence-electron chi connectivity index (χ2n) is 5.72. The van der Waals surface area contributed by atoms with Crippen LogP contribution >= 0.6 is 11.6 Å². The number of carbonyl (C=O) groups is 2. The number of quaternary nitrogens is 1. The molecule has 2 aromatic rings. The molecular weight excluding hydrogens is 326 g/mol. The number of primary amides is 1. The molecule has 0 heterocycles. The zero-order valence-electron chi connectivity index (χ0n) is 13.6. The number of hydrogen-bond acceptors (Lipinski definition) is 2. The lowest BCUT2D eigenvalue weighted by molar-refractivity contribution is -0.709. The second kappa shape index (κ2) is 7.95. The van der Waals surface area contributed by atoms with Crippen LogP contribution in [0, 0.1) is 0 Å². The van der Waals surface area contributed by atoms with Gasteiger partial charge in [-0.2, -0.15) is 0 Å². The summed E-state index contributed by atoms with van der Waals surface area (Å²) in [5, 5.41) is 5.47. The molecule has 0 aromatic heterocycles. The van der Waals surface area contributed by atoms with E-state index in [0.29, 0.717) is 16.3 Å². The van der Waals surface area contributed by atoms with Crippen LogP contribution < -0.4 is 16.4 Å². The van der Waals surface area contributed by atoms with Crippen molar-refractivity contribution in [3.05, 3.63) is 64.7 Å². The third kappa shape index (κ3) is 4.57. The molecule has 2 rings (SSSR count). The monoisotopic (exact) mass is 346 g/mol. The van der Waals surface area contributed by atoms with E-state index in [1.165, 1.54) is 0 Å². The summed E-state index contributed by atoms with van der Waals surface area (Å²) in [6, 6.07) is 13.8. The third-order valence-electron chi connectivity index (χ3n) is 3.82. The van der Waals surface area contributed by atoms with Gasteiger partial charge in [0.25, 0.3) is 5.91 Å².